The van der Waals surface area contributed by atoms with E-state index in [1.54, 1.807) is 36.0 Å². The molecule has 0 unspecified atom stereocenters. The van der Waals surface area contributed by atoms with Crippen LogP contribution in [0.5, 0.6) is 5.88 Å². The summed E-state index contributed by atoms with van der Waals surface area (Å²) in [6.45, 7) is 2.17. The maximum absolute atomic E-state index is 13.4. The summed E-state index contributed by atoms with van der Waals surface area (Å²) in [5, 5.41) is 31.9. The zero-order valence-electron chi connectivity index (χ0n) is 29.7. The number of hydrogen-bond donors (Lipinski definition) is 4. The third kappa shape index (κ3) is 7.38. The number of rotatable bonds is 11. The minimum absolute atomic E-state index is 0.0905. The molecule has 3 aromatic heterocycles. The number of methoxy groups -OCH3 is 1. The number of halogens is 3. The van der Waals surface area contributed by atoms with Crippen LogP contribution < -0.4 is 20.9 Å². The van der Waals surface area contributed by atoms with E-state index in [1.807, 2.05) is 37.3 Å². The van der Waals surface area contributed by atoms with Crippen molar-refractivity contribution in [3.8, 4) is 39.4 Å². The molecule has 0 bridgehead atoms. The summed E-state index contributed by atoms with van der Waals surface area (Å²) in [5.41, 5.74) is 3.47. The number of aromatic nitrogens is 4. The second-order valence-electron chi connectivity index (χ2n) is 14.1. The molecule has 1 saturated heterocycles. The monoisotopic (exact) mass is 793 g/mol. The van der Waals surface area contributed by atoms with E-state index in [9.17, 15) is 24.6 Å². The molecule has 16 heteroatoms. The van der Waals surface area contributed by atoms with E-state index in [4.69, 9.17) is 44.6 Å². The molecule has 2 amide bonds. The molecule has 4 heterocycles. The van der Waals surface area contributed by atoms with E-state index in [0.29, 0.717) is 92.7 Å². The van der Waals surface area contributed by atoms with E-state index in [-0.39, 0.29) is 47.5 Å². The molecule has 5 aromatic rings. The molecule has 1 atom stereocenters. The highest BCUT2D eigenvalue weighted by Crippen LogP contribution is 2.43. The molecule has 13 nitrogen and oxygen atoms in total. The van der Waals surface area contributed by atoms with Crippen molar-refractivity contribution >= 4 is 52.3 Å². The van der Waals surface area contributed by atoms with Crippen LogP contribution in [-0.2, 0) is 24.9 Å². The fraction of sp³-hybridized carbons (Fsp3) is 0.342. The number of amides is 2. The third-order valence-electron chi connectivity index (χ3n) is 10.1. The largest absolute Gasteiger partial charge is 0.481 e. The van der Waals surface area contributed by atoms with E-state index in [2.05, 4.69) is 15.6 Å². The molecular weight excluding hydrogens is 757 g/mol. The predicted molar refractivity (Wildman–Crippen MR) is 206 cm³/mol. The van der Waals surface area contributed by atoms with Crippen LogP contribution in [-0.4, -0.2) is 77.6 Å². The average Bonchev–Trinajstić information content (AvgIpc) is 3.74. The molecule has 54 heavy (non-hydrogen) atoms. The molecule has 0 radical (unpaired) electrons. The number of nitrogens with one attached hydrogen (secondary N) is 2. The Morgan fingerprint density at radius 1 is 1.07 bits per heavy atom. The molecular formula is C38H38Cl3N7O6. The van der Waals surface area contributed by atoms with Crippen LogP contribution in [0.4, 0.5) is 4.79 Å². The Kier molecular flexibility index (Phi) is 10.4. The second kappa shape index (κ2) is 14.9. The Morgan fingerprint density at radius 2 is 1.74 bits per heavy atom. The number of carbonyl (C=O) groups excluding carboxylic acids is 1. The van der Waals surface area contributed by atoms with Crippen molar-refractivity contribution in [2.75, 3.05) is 13.7 Å². The summed E-state index contributed by atoms with van der Waals surface area (Å²) in [6, 6.07) is 14.2. The van der Waals surface area contributed by atoms with Gasteiger partial charge < -0.3 is 30.5 Å². The van der Waals surface area contributed by atoms with Gasteiger partial charge in [0.05, 0.1) is 52.1 Å². The van der Waals surface area contributed by atoms with Gasteiger partial charge in [-0.2, -0.15) is 5.10 Å². The average molecular weight is 795 g/mol. The van der Waals surface area contributed by atoms with Crippen LogP contribution in [0.1, 0.15) is 44.0 Å². The molecule has 1 aliphatic carbocycles. The minimum atomic E-state index is -1.17. The first-order chi connectivity index (χ1) is 25.7. The SMILES string of the molecule is COc1nc(-c2cccc(-c3cccc(-c4cc5c(=O)n(C)c(CNC6CC(C)(O)C6)nn5c4)c3Cl)c2Cl)cc(Cl)c1CN(C[C@@H]1CCC(=O)N1)C(=O)O. The quantitative estimate of drug-likeness (QED) is 0.123. The van der Waals surface area contributed by atoms with E-state index < -0.39 is 11.7 Å². The van der Waals surface area contributed by atoms with Gasteiger partial charge in [0.25, 0.3) is 5.56 Å². The molecule has 2 aliphatic rings. The van der Waals surface area contributed by atoms with E-state index >= 15 is 0 Å². The van der Waals surface area contributed by atoms with Crippen LogP contribution in [0.3, 0.4) is 0 Å². The zero-order chi connectivity index (χ0) is 38.5. The van der Waals surface area contributed by atoms with Crippen molar-refractivity contribution in [1.29, 1.82) is 0 Å². The van der Waals surface area contributed by atoms with Crippen molar-refractivity contribution in [2.24, 2.45) is 7.05 Å². The number of hydrogen-bond acceptors (Lipinski definition) is 8. The van der Waals surface area contributed by atoms with Crippen molar-refractivity contribution in [2.45, 2.75) is 63.4 Å². The van der Waals surface area contributed by atoms with Crippen LogP contribution >= 0.6 is 34.8 Å². The molecule has 1 aliphatic heterocycles. The van der Waals surface area contributed by atoms with Crippen molar-refractivity contribution in [3.63, 3.8) is 0 Å². The van der Waals surface area contributed by atoms with E-state index in [0.717, 1.165) is 0 Å². The first-order valence-corrected chi connectivity index (χ1v) is 18.5. The summed E-state index contributed by atoms with van der Waals surface area (Å²) >= 11 is 21.0. The summed E-state index contributed by atoms with van der Waals surface area (Å²) < 4.78 is 8.68. The van der Waals surface area contributed by atoms with Gasteiger partial charge in [0.15, 0.2) is 0 Å². The van der Waals surface area contributed by atoms with Crippen LogP contribution in [0.2, 0.25) is 15.1 Å². The van der Waals surface area contributed by atoms with Gasteiger partial charge in [-0.3, -0.25) is 14.2 Å². The standard InChI is InChI=1S/C38H38Cl3N7O6/c1-38(53)14-22(15-38)42-16-31-45-48-17-20(12-30(48)36(50)46(31)2)23-6-4-7-24(33(23)40)25-8-5-9-26(34(25)41)29-13-28(39)27(35(44-29)54-3)19-47(37(51)52)18-21-10-11-32(49)43-21/h4-9,12-13,17,21-22,42,53H,10-11,14-16,18-19H2,1-3H3,(H,43,49)(H,51,52)/t21-,22?,38?/m0/s1. The smallest absolute Gasteiger partial charge is 0.407 e. The number of ether oxygens (including phenoxy) is 1. The first kappa shape index (κ1) is 37.6. The predicted octanol–water partition coefficient (Wildman–Crippen LogP) is 6.16. The van der Waals surface area contributed by atoms with Crippen molar-refractivity contribution in [1.82, 2.24) is 34.7 Å². The number of aliphatic hydroxyl groups is 1. The molecule has 2 fully saturated rings. The van der Waals surface area contributed by atoms with Gasteiger partial charge in [-0.1, -0.05) is 71.2 Å². The Balaban J connectivity index is 1.18. The molecule has 4 N–H and O–H groups in total. The third-order valence-corrected chi connectivity index (χ3v) is 11.3. The maximum Gasteiger partial charge on any atom is 0.407 e. The number of nitrogens with zero attached hydrogens (tertiary/aromatic N) is 5. The second-order valence-corrected chi connectivity index (χ2v) is 15.3. The number of benzene rings is 2. The number of carbonyl (C=O) groups is 2. The summed E-state index contributed by atoms with van der Waals surface area (Å²) in [7, 11) is 3.11. The van der Waals surface area contributed by atoms with Gasteiger partial charge in [-0.15, -0.1) is 0 Å². The topological polar surface area (TPSA) is 163 Å². The van der Waals surface area contributed by atoms with Gasteiger partial charge in [0, 0.05) is 66.1 Å². The Morgan fingerprint density at radius 3 is 2.37 bits per heavy atom. The maximum atomic E-state index is 13.4. The normalized spacial score (nSPS) is 19.5. The molecule has 1 saturated carbocycles. The first-order valence-electron chi connectivity index (χ1n) is 17.4. The van der Waals surface area contributed by atoms with Gasteiger partial charge in [-0.25, -0.2) is 14.3 Å². The van der Waals surface area contributed by atoms with Gasteiger partial charge >= 0.3 is 6.09 Å². The lowest BCUT2D eigenvalue weighted by Crippen LogP contribution is -2.51. The zero-order valence-corrected chi connectivity index (χ0v) is 32.0. The van der Waals surface area contributed by atoms with Gasteiger partial charge in [0.2, 0.25) is 11.8 Å². The fourth-order valence-electron chi connectivity index (χ4n) is 7.21. The lowest BCUT2D eigenvalue weighted by atomic mass is 9.77. The van der Waals surface area contributed by atoms with Crippen LogP contribution in [0.15, 0.2) is 59.5 Å². The van der Waals surface area contributed by atoms with E-state index in [1.165, 1.54) is 16.6 Å². The van der Waals surface area contributed by atoms with Crippen molar-refractivity contribution in [3.05, 3.63) is 91.5 Å². The van der Waals surface area contributed by atoms with Gasteiger partial charge in [-0.05, 0) is 38.3 Å². The molecule has 7 rings (SSSR count). The highest BCUT2D eigenvalue weighted by atomic mass is 35.5. The Hall–Kier alpha value is -4.66. The molecule has 282 valence electrons. The summed E-state index contributed by atoms with van der Waals surface area (Å²) in [4.78, 5) is 43.1. The highest BCUT2D eigenvalue weighted by Gasteiger charge is 2.38. The van der Waals surface area contributed by atoms with Gasteiger partial charge in [0.1, 0.15) is 11.3 Å². The molecule has 0 spiro atoms. The Labute approximate surface area is 325 Å². The summed E-state index contributed by atoms with van der Waals surface area (Å²) in [5.74, 6) is 0.583. The molecule has 2 aromatic carbocycles. The van der Waals surface area contributed by atoms with Crippen LogP contribution in [0, 0.1) is 0 Å². The Bertz CT molecular complexity index is 2350. The lowest BCUT2D eigenvalue weighted by molar-refractivity contribution is -0.119. The number of fused-ring (bicyclic) bond motifs is 1. The highest BCUT2D eigenvalue weighted by molar-refractivity contribution is 6.39. The lowest BCUT2D eigenvalue weighted by Gasteiger charge is -2.41. The van der Waals surface area contributed by atoms with Crippen LogP contribution in [0.25, 0.3) is 39.0 Å². The van der Waals surface area contributed by atoms with Crippen molar-refractivity contribution < 1.29 is 24.5 Å². The fourth-order valence-corrected chi connectivity index (χ4v) is 8.11. The number of carboxylic acid groups (broad SMARTS) is 1. The summed E-state index contributed by atoms with van der Waals surface area (Å²) in [6.07, 6.45) is 2.77. The minimum Gasteiger partial charge on any atom is -0.481 e. The number of pyridine rings is 1.